The predicted molar refractivity (Wildman–Crippen MR) is 61.4 cm³/mol. The molecule has 1 aromatic heterocycles. The minimum Gasteiger partial charge on any atom is -0.506 e. The van der Waals surface area contributed by atoms with E-state index >= 15 is 0 Å². The van der Waals surface area contributed by atoms with E-state index in [9.17, 15) is 4.79 Å². The molecule has 0 atom stereocenters. The number of aromatic nitrogens is 1. The summed E-state index contributed by atoms with van der Waals surface area (Å²) < 4.78 is 0. The number of hydrogen-bond donors (Lipinski definition) is 3. The number of amides is 1. The lowest BCUT2D eigenvalue weighted by Gasteiger charge is -2.05. The van der Waals surface area contributed by atoms with Crippen LogP contribution in [-0.4, -0.2) is 35.6 Å². The third-order valence-corrected chi connectivity index (χ3v) is 2.00. The molecule has 5 nitrogen and oxygen atoms in total. The first-order chi connectivity index (χ1) is 7.74. The maximum Gasteiger partial charge on any atom is 0.253 e. The second-order valence-electron chi connectivity index (χ2n) is 3.44. The summed E-state index contributed by atoms with van der Waals surface area (Å²) in [7, 11) is 0. The highest BCUT2D eigenvalue weighted by molar-refractivity contribution is 5.94. The average molecular weight is 223 g/mol. The molecule has 0 bridgehead atoms. The molecule has 0 radical (unpaired) electrons. The van der Waals surface area contributed by atoms with Gasteiger partial charge < -0.3 is 15.7 Å². The smallest absolute Gasteiger partial charge is 0.253 e. The predicted octanol–water partition coefficient (Wildman–Crippen LogP) is 0.517. The van der Waals surface area contributed by atoms with Crippen LogP contribution in [0.3, 0.4) is 0 Å². The molecule has 1 amide bonds. The van der Waals surface area contributed by atoms with Gasteiger partial charge in [0, 0.05) is 19.3 Å². The van der Waals surface area contributed by atoms with Crippen LogP contribution >= 0.6 is 0 Å². The topological polar surface area (TPSA) is 74.2 Å². The van der Waals surface area contributed by atoms with Crippen LogP contribution in [0.5, 0.6) is 5.75 Å². The van der Waals surface area contributed by atoms with E-state index < -0.39 is 0 Å². The lowest BCUT2D eigenvalue weighted by molar-refractivity contribution is 0.0953. The van der Waals surface area contributed by atoms with Crippen LogP contribution in [-0.2, 0) is 0 Å². The summed E-state index contributed by atoms with van der Waals surface area (Å²) in [6.45, 7) is 4.34. The molecule has 1 aromatic rings. The number of nitrogens with one attached hydrogen (secondary N) is 2. The summed E-state index contributed by atoms with van der Waals surface area (Å²) >= 11 is 0. The van der Waals surface area contributed by atoms with Crippen molar-refractivity contribution in [3.8, 4) is 5.75 Å². The fourth-order valence-corrected chi connectivity index (χ4v) is 1.22. The first-order valence-corrected chi connectivity index (χ1v) is 5.37. The van der Waals surface area contributed by atoms with Crippen molar-refractivity contribution in [3.63, 3.8) is 0 Å². The Morgan fingerprint density at radius 3 is 2.88 bits per heavy atom. The average Bonchev–Trinajstić information content (AvgIpc) is 2.28. The van der Waals surface area contributed by atoms with Crippen molar-refractivity contribution in [2.75, 3.05) is 19.6 Å². The van der Waals surface area contributed by atoms with Gasteiger partial charge >= 0.3 is 0 Å². The van der Waals surface area contributed by atoms with Gasteiger partial charge in [0.05, 0.1) is 11.8 Å². The van der Waals surface area contributed by atoms with E-state index in [0.29, 0.717) is 12.1 Å². The molecule has 0 aliphatic carbocycles. The van der Waals surface area contributed by atoms with E-state index in [1.165, 1.54) is 18.5 Å². The van der Waals surface area contributed by atoms with Crippen molar-refractivity contribution in [2.24, 2.45) is 0 Å². The second kappa shape index (κ2) is 6.79. The van der Waals surface area contributed by atoms with Gasteiger partial charge in [0.1, 0.15) is 5.75 Å². The highest BCUT2D eigenvalue weighted by Crippen LogP contribution is 2.07. The Labute approximate surface area is 94.9 Å². The molecule has 1 rings (SSSR count). The zero-order chi connectivity index (χ0) is 11.8. The summed E-state index contributed by atoms with van der Waals surface area (Å²) in [6.07, 6.45) is 3.79. The molecule has 16 heavy (non-hydrogen) atoms. The Morgan fingerprint density at radius 2 is 2.19 bits per heavy atom. The molecule has 0 aliphatic heterocycles. The number of carbonyl (C=O) groups is 1. The SMILES string of the molecule is CCCNCCNC(=O)c1cncc(O)c1. The molecule has 0 fully saturated rings. The maximum atomic E-state index is 11.5. The van der Waals surface area contributed by atoms with Gasteiger partial charge in [-0.25, -0.2) is 0 Å². The molecule has 0 aromatic carbocycles. The highest BCUT2D eigenvalue weighted by Gasteiger charge is 2.05. The Kier molecular flexibility index (Phi) is 5.28. The van der Waals surface area contributed by atoms with Crippen LogP contribution in [0.2, 0.25) is 0 Å². The molecule has 0 saturated heterocycles. The normalized spacial score (nSPS) is 10.1. The number of aromatic hydroxyl groups is 1. The third-order valence-electron chi connectivity index (χ3n) is 2.00. The maximum absolute atomic E-state index is 11.5. The molecular weight excluding hydrogens is 206 g/mol. The number of carbonyl (C=O) groups excluding carboxylic acids is 1. The van der Waals surface area contributed by atoms with Crippen LogP contribution in [0.25, 0.3) is 0 Å². The quantitative estimate of drug-likeness (QED) is 0.614. The lowest BCUT2D eigenvalue weighted by atomic mass is 10.2. The van der Waals surface area contributed by atoms with E-state index in [0.717, 1.165) is 19.5 Å². The van der Waals surface area contributed by atoms with Gasteiger partial charge in [-0.1, -0.05) is 6.92 Å². The van der Waals surface area contributed by atoms with E-state index in [2.05, 4.69) is 22.5 Å². The van der Waals surface area contributed by atoms with Gasteiger partial charge in [-0.05, 0) is 19.0 Å². The van der Waals surface area contributed by atoms with Gasteiger partial charge in [0.2, 0.25) is 0 Å². The largest absolute Gasteiger partial charge is 0.506 e. The monoisotopic (exact) mass is 223 g/mol. The van der Waals surface area contributed by atoms with Crippen LogP contribution in [0, 0.1) is 0 Å². The molecule has 0 aliphatic rings. The van der Waals surface area contributed by atoms with Crippen LogP contribution in [0.1, 0.15) is 23.7 Å². The fraction of sp³-hybridized carbons (Fsp3) is 0.455. The number of nitrogens with zero attached hydrogens (tertiary/aromatic N) is 1. The van der Waals surface area contributed by atoms with E-state index in [1.54, 1.807) is 0 Å². The van der Waals surface area contributed by atoms with E-state index in [-0.39, 0.29) is 11.7 Å². The van der Waals surface area contributed by atoms with Crippen molar-refractivity contribution in [1.82, 2.24) is 15.6 Å². The number of rotatable bonds is 6. The third kappa shape index (κ3) is 4.27. The van der Waals surface area contributed by atoms with Crippen molar-refractivity contribution in [1.29, 1.82) is 0 Å². The zero-order valence-corrected chi connectivity index (χ0v) is 9.36. The molecular formula is C11H17N3O2. The summed E-state index contributed by atoms with van der Waals surface area (Å²) in [4.78, 5) is 15.3. The van der Waals surface area contributed by atoms with Gasteiger partial charge in [-0.2, -0.15) is 0 Å². The molecule has 0 saturated carbocycles. The highest BCUT2D eigenvalue weighted by atomic mass is 16.3. The van der Waals surface area contributed by atoms with Crippen molar-refractivity contribution >= 4 is 5.91 Å². The van der Waals surface area contributed by atoms with Gasteiger partial charge in [0.15, 0.2) is 0 Å². The lowest BCUT2D eigenvalue weighted by Crippen LogP contribution is -2.32. The standard InChI is InChI=1S/C11H17N3O2/c1-2-3-12-4-5-14-11(16)9-6-10(15)8-13-7-9/h6-8,12,15H,2-5H2,1H3,(H,14,16). The van der Waals surface area contributed by atoms with Crippen molar-refractivity contribution in [3.05, 3.63) is 24.0 Å². The van der Waals surface area contributed by atoms with Crippen LogP contribution in [0.15, 0.2) is 18.5 Å². The van der Waals surface area contributed by atoms with E-state index in [1.807, 2.05) is 0 Å². The van der Waals surface area contributed by atoms with Crippen molar-refractivity contribution in [2.45, 2.75) is 13.3 Å². The van der Waals surface area contributed by atoms with Gasteiger partial charge in [0.25, 0.3) is 5.91 Å². The molecule has 1 heterocycles. The summed E-state index contributed by atoms with van der Waals surface area (Å²) in [5.74, 6) is -0.224. The van der Waals surface area contributed by atoms with Gasteiger partial charge in [-0.15, -0.1) is 0 Å². The molecule has 88 valence electrons. The Morgan fingerprint density at radius 1 is 1.38 bits per heavy atom. The summed E-state index contributed by atoms with van der Waals surface area (Å²) in [6, 6.07) is 1.39. The second-order valence-corrected chi connectivity index (χ2v) is 3.44. The van der Waals surface area contributed by atoms with Crippen molar-refractivity contribution < 1.29 is 9.90 Å². The zero-order valence-electron chi connectivity index (χ0n) is 9.36. The number of pyridine rings is 1. The fourth-order valence-electron chi connectivity index (χ4n) is 1.22. The van der Waals surface area contributed by atoms with Crippen LogP contribution < -0.4 is 10.6 Å². The molecule has 5 heteroatoms. The molecule has 3 N–H and O–H groups in total. The first-order valence-electron chi connectivity index (χ1n) is 5.37. The molecule has 0 spiro atoms. The first kappa shape index (κ1) is 12.4. The molecule has 0 unspecified atom stereocenters. The minimum absolute atomic E-state index is 0.00300. The van der Waals surface area contributed by atoms with Crippen LogP contribution in [0.4, 0.5) is 0 Å². The Hall–Kier alpha value is -1.62. The van der Waals surface area contributed by atoms with E-state index in [4.69, 9.17) is 5.11 Å². The summed E-state index contributed by atoms with van der Waals surface area (Å²) in [5, 5.41) is 15.1. The van der Waals surface area contributed by atoms with Gasteiger partial charge in [-0.3, -0.25) is 9.78 Å². The minimum atomic E-state index is -0.221. The Bertz CT molecular complexity index is 342. The Balaban J connectivity index is 2.30. The number of hydrogen-bond acceptors (Lipinski definition) is 4. The summed E-state index contributed by atoms with van der Waals surface area (Å²) in [5.41, 5.74) is 0.371.